The van der Waals surface area contributed by atoms with Gasteiger partial charge in [0.1, 0.15) is 0 Å². The van der Waals surface area contributed by atoms with E-state index in [4.69, 9.17) is 10.5 Å². The van der Waals surface area contributed by atoms with Crippen molar-refractivity contribution in [3.63, 3.8) is 0 Å². The van der Waals surface area contributed by atoms with Crippen LogP contribution in [0.15, 0.2) is 0 Å². The fraction of sp³-hybridized carbons (Fsp3) is 1.00. The monoisotopic (exact) mass is 219 g/mol. The minimum absolute atomic E-state index is 0.00116. The molecule has 0 radical (unpaired) electrons. The molecule has 0 spiro atoms. The molecule has 2 rings (SSSR count). The topological polar surface area (TPSA) is 69.4 Å². The van der Waals surface area contributed by atoms with E-state index in [1.54, 1.807) is 6.92 Å². The summed E-state index contributed by atoms with van der Waals surface area (Å²) >= 11 is 0. The Hall–Kier alpha value is -0.130. The van der Waals surface area contributed by atoms with E-state index in [0.29, 0.717) is 6.61 Å². The van der Waals surface area contributed by atoms with Gasteiger partial charge < -0.3 is 10.5 Å². The SMILES string of the molecule is CC1COC2C(CS(=O)(=O)C2C)C1N. The molecule has 0 amide bonds. The molecule has 0 aromatic heterocycles. The first kappa shape index (κ1) is 10.4. The minimum Gasteiger partial charge on any atom is -0.376 e. The summed E-state index contributed by atoms with van der Waals surface area (Å²) in [5, 5.41) is -0.383. The highest BCUT2D eigenvalue weighted by Crippen LogP contribution is 2.36. The summed E-state index contributed by atoms with van der Waals surface area (Å²) in [6, 6.07) is -0.0338. The second-order valence-electron chi connectivity index (χ2n) is 4.55. The number of rotatable bonds is 0. The Balaban J connectivity index is 2.27. The molecular weight excluding hydrogens is 202 g/mol. The van der Waals surface area contributed by atoms with Gasteiger partial charge in [-0.2, -0.15) is 0 Å². The molecule has 2 saturated heterocycles. The second kappa shape index (κ2) is 3.18. The molecule has 0 bridgehead atoms. The molecular formula is C9H17NO3S. The van der Waals surface area contributed by atoms with Crippen molar-refractivity contribution in [3.8, 4) is 0 Å². The van der Waals surface area contributed by atoms with Gasteiger partial charge in [-0.15, -0.1) is 0 Å². The molecule has 14 heavy (non-hydrogen) atoms. The normalized spacial score (nSPS) is 51.5. The molecule has 5 heteroatoms. The van der Waals surface area contributed by atoms with Crippen LogP contribution < -0.4 is 5.73 Å². The van der Waals surface area contributed by atoms with Gasteiger partial charge in [0.25, 0.3) is 0 Å². The average Bonchev–Trinajstić information content (AvgIpc) is 2.33. The van der Waals surface area contributed by atoms with Crippen molar-refractivity contribution in [2.45, 2.75) is 31.2 Å². The molecule has 0 aliphatic carbocycles. The maximum atomic E-state index is 11.6. The molecule has 0 saturated carbocycles. The first-order chi connectivity index (χ1) is 6.43. The Labute approximate surface area is 84.7 Å². The Kier molecular flexibility index (Phi) is 2.36. The quantitative estimate of drug-likeness (QED) is 0.611. The summed E-state index contributed by atoms with van der Waals surface area (Å²) in [6.45, 7) is 4.32. The number of fused-ring (bicyclic) bond motifs is 1. The van der Waals surface area contributed by atoms with E-state index in [9.17, 15) is 8.42 Å². The predicted octanol–water partition coefficient (Wildman–Crippen LogP) is -0.218. The average molecular weight is 219 g/mol. The lowest BCUT2D eigenvalue weighted by atomic mass is 9.84. The third-order valence-electron chi connectivity index (χ3n) is 3.58. The van der Waals surface area contributed by atoms with Crippen LogP contribution in [0.25, 0.3) is 0 Å². The van der Waals surface area contributed by atoms with Crippen LogP contribution >= 0.6 is 0 Å². The van der Waals surface area contributed by atoms with E-state index < -0.39 is 9.84 Å². The number of sulfone groups is 1. The third-order valence-corrected chi connectivity index (χ3v) is 5.83. The Morgan fingerprint density at radius 2 is 2.00 bits per heavy atom. The highest BCUT2D eigenvalue weighted by Gasteiger charge is 2.50. The number of hydrogen-bond acceptors (Lipinski definition) is 4. The Morgan fingerprint density at radius 1 is 1.36 bits per heavy atom. The van der Waals surface area contributed by atoms with Crippen LogP contribution in [0, 0.1) is 11.8 Å². The molecule has 5 unspecified atom stereocenters. The highest BCUT2D eigenvalue weighted by atomic mass is 32.2. The molecule has 2 heterocycles. The van der Waals surface area contributed by atoms with Crippen molar-refractivity contribution in [1.82, 2.24) is 0 Å². The maximum Gasteiger partial charge on any atom is 0.155 e. The zero-order valence-electron chi connectivity index (χ0n) is 8.51. The lowest BCUT2D eigenvalue weighted by Gasteiger charge is -2.36. The van der Waals surface area contributed by atoms with Crippen molar-refractivity contribution in [1.29, 1.82) is 0 Å². The van der Waals surface area contributed by atoms with Gasteiger partial charge in [-0.3, -0.25) is 0 Å². The molecule has 82 valence electrons. The van der Waals surface area contributed by atoms with Gasteiger partial charge in [0.2, 0.25) is 0 Å². The summed E-state index contributed by atoms with van der Waals surface area (Å²) < 4.78 is 28.9. The molecule has 2 N–H and O–H groups in total. The lowest BCUT2D eigenvalue weighted by molar-refractivity contribution is -0.0486. The zero-order valence-corrected chi connectivity index (χ0v) is 9.33. The van der Waals surface area contributed by atoms with E-state index in [2.05, 4.69) is 0 Å². The van der Waals surface area contributed by atoms with Crippen molar-refractivity contribution >= 4 is 9.84 Å². The first-order valence-electron chi connectivity index (χ1n) is 5.02. The fourth-order valence-electron chi connectivity index (χ4n) is 2.45. The van der Waals surface area contributed by atoms with E-state index in [0.717, 1.165) is 0 Å². The van der Waals surface area contributed by atoms with Gasteiger partial charge in [-0.1, -0.05) is 6.92 Å². The number of ether oxygens (including phenoxy) is 1. The minimum atomic E-state index is -2.97. The summed E-state index contributed by atoms with van der Waals surface area (Å²) in [5.74, 6) is 0.458. The molecule has 2 aliphatic heterocycles. The largest absolute Gasteiger partial charge is 0.376 e. The third kappa shape index (κ3) is 1.38. The molecule has 4 nitrogen and oxygen atoms in total. The number of hydrogen-bond donors (Lipinski definition) is 1. The Bertz CT molecular complexity index is 327. The van der Waals surface area contributed by atoms with Crippen LogP contribution in [0.2, 0.25) is 0 Å². The molecule has 0 aromatic carbocycles. The Morgan fingerprint density at radius 3 is 2.64 bits per heavy atom. The van der Waals surface area contributed by atoms with Gasteiger partial charge in [0.05, 0.1) is 23.7 Å². The molecule has 2 aliphatic rings. The van der Waals surface area contributed by atoms with E-state index in [-0.39, 0.29) is 35.0 Å². The van der Waals surface area contributed by atoms with Crippen LogP contribution in [0.5, 0.6) is 0 Å². The molecule has 2 fully saturated rings. The number of nitrogens with two attached hydrogens (primary N) is 1. The van der Waals surface area contributed by atoms with Crippen LogP contribution in [-0.2, 0) is 14.6 Å². The van der Waals surface area contributed by atoms with Crippen LogP contribution in [-0.4, -0.2) is 38.2 Å². The molecule has 0 aromatic rings. The van der Waals surface area contributed by atoms with E-state index in [1.807, 2.05) is 6.92 Å². The van der Waals surface area contributed by atoms with Gasteiger partial charge in [0.15, 0.2) is 9.84 Å². The first-order valence-corrected chi connectivity index (χ1v) is 6.74. The zero-order chi connectivity index (χ0) is 10.5. The summed E-state index contributed by atoms with van der Waals surface area (Å²) in [6.07, 6.45) is -0.175. The van der Waals surface area contributed by atoms with E-state index in [1.165, 1.54) is 0 Å². The van der Waals surface area contributed by atoms with Crippen molar-refractivity contribution in [2.75, 3.05) is 12.4 Å². The van der Waals surface area contributed by atoms with Crippen molar-refractivity contribution in [2.24, 2.45) is 17.6 Å². The summed E-state index contributed by atoms with van der Waals surface area (Å²) in [7, 11) is -2.97. The van der Waals surface area contributed by atoms with Gasteiger partial charge >= 0.3 is 0 Å². The highest BCUT2D eigenvalue weighted by molar-refractivity contribution is 7.92. The molecule has 5 atom stereocenters. The van der Waals surface area contributed by atoms with Crippen molar-refractivity contribution in [3.05, 3.63) is 0 Å². The van der Waals surface area contributed by atoms with Gasteiger partial charge in [-0.25, -0.2) is 8.42 Å². The lowest BCUT2D eigenvalue weighted by Crippen LogP contribution is -2.50. The maximum absolute atomic E-state index is 11.6. The van der Waals surface area contributed by atoms with Crippen LogP contribution in [0.1, 0.15) is 13.8 Å². The standard InChI is InChI=1S/C9H17NO3S/c1-5-3-13-9-6(2)14(11,12)4-7(9)8(5)10/h5-9H,3-4,10H2,1-2H3. The predicted molar refractivity (Wildman–Crippen MR) is 53.6 cm³/mol. The van der Waals surface area contributed by atoms with Gasteiger partial charge in [-0.05, 0) is 12.8 Å². The van der Waals surface area contributed by atoms with Crippen molar-refractivity contribution < 1.29 is 13.2 Å². The van der Waals surface area contributed by atoms with E-state index >= 15 is 0 Å². The summed E-state index contributed by atoms with van der Waals surface area (Å²) in [4.78, 5) is 0. The fourth-order valence-corrected chi connectivity index (χ4v) is 4.39. The van der Waals surface area contributed by atoms with Crippen LogP contribution in [0.4, 0.5) is 0 Å². The van der Waals surface area contributed by atoms with Gasteiger partial charge in [0, 0.05) is 12.0 Å². The second-order valence-corrected chi connectivity index (χ2v) is 6.95. The van der Waals surface area contributed by atoms with Crippen LogP contribution in [0.3, 0.4) is 0 Å². The summed E-state index contributed by atoms with van der Waals surface area (Å²) in [5.41, 5.74) is 6.00. The smallest absolute Gasteiger partial charge is 0.155 e.